The molecule has 0 saturated heterocycles. The number of nitrogens with one attached hydrogen (secondary N) is 1. The summed E-state index contributed by atoms with van der Waals surface area (Å²) in [7, 11) is 6.77. The number of ether oxygens (including phenoxy) is 3. The minimum atomic E-state index is -0.0963. The zero-order chi connectivity index (χ0) is 15.2. The third-order valence-corrected chi connectivity index (χ3v) is 3.32. The highest BCUT2D eigenvalue weighted by atomic mass is 16.5. The fourth-order valence-electron chi connectivity index (χ4n) is 2.29. The predicted molar refractivity (Wildman–Crippen MR) is 81.2 cm³/mol. The van der Waals surface area contributed by atoms with Gasteiger partial charge in [-0.05, 0) is 36.9 Å². The van der Waals surface area contributed by atoms with E-state index in [9.17, 15) is 0 Å². The number of benzene rings is 1. The van der Waals surface area contributed by atoms with Crippen LogP contribution in [0.15, 0.2) is 36.5 Å². The van der Waals surface area contributed by atoms with Gasteiger partial charge in [-0.15, -0.1) is 0 Å². The van der Waals surface area contributed by atoms with Gasteiger partial charge in [0.1, 0.15) is 11.4 Å². The largest absolute Gasteiger partial charge is 0.495 e. The van der Waals surface area contributed by atoms with Crippen molar-refractivity contribution in [2.45, 2.75) is 6.04 Å². The van der Waals surface area contributed by atoms with Crippen LogP contribution < -0.4 is 19.5 Å². The zero-order valence-electron chi connectivity index (χ0n) is 12.7. The third-order valence-electron chi connectivity index (χ3n) is 3.32. The Morgan fingerprint density at radius 3 is 2.29 bits per heavy atom. The molecule has 0 aliphatic carbocycles. The Kier molecular flexibility index (Phi) is 5.00. The topological polar surface area (TPSA) is 52.6 Å². The van der Waals surface area contributed by atoms with Crippen LogP contribution in [0.25, 0.3) is 0 Å². The SMILES string of the molecule is CNC(c1ccc(OC)c(OC)c1)c1ncccc1OC. The number of hydrogen-bond acceptors (Lipinski definition) is 5. The van der Waals surface area contributed by atoms with Crippen LogP contribution in [0.2, 0.25) is 0 Å². The van der Waals surface area contributed by atoms with Crippen molar-refractivity contribution in [2.75, 3.05) is 28.4 Å². The molecule has 0 aliphatic heterocycles. The van der Waals surface area contributed by atoms with Gasteiger partial charge in [0.15, 0.2) is 11.5 Å². The minimum Gasteiger partial charge on any atom is -0.495 e. The second-order valence-corrected chi connectivity index (χ2v) is 4.43. The molecule has 1 aromatic carbocycles. The van der Waals surface area contributed by atoms with Crippen molar-refractivity contribution in [3.05, 3.63) is 47.8 Å². The van der Waals surface area contributed by atoms with Gasteiger partial charge in [-0.25, -0.2) is 0 Å². The van der Waals surface area contributed by atoms with E-state index in [1.807, 2.05) is 37.4 Å². The molecule has 1 heterocycles. The maximum atomic E-state index is 5.39. The lowest BCUT2D eigenvalue weighted by Crippen LogP contribution is -2.19. The smallest absolute Gasteiger partial charge is 0.161 e. The van der Waals surface area contributed by atoms with E-state index in [1.165, 1.54) is 0 Å². The molecule has 0 aliphatic rings. The first kappa shape index (κ1) is 15.1. The summed E-state index contributed by atoms with van der Waals surface area (Å²) in [5.41, 5.74) is 1.85. The van der Waals surface area contributed by atoms with E-state index in [0.717, 1.165) is 17.0 Å². The predicted octanol–water partition coefficient (Wildman–Crippen LogP) is 2.42. The highest BCUT2D eigenvalue weighted by Gasteiger charge is 2.19. The Labute approximate surface area is 124 Å². The summed E-state index contributed by atoms with van der Waals surface area (Å²) in [4.78, 5) is 4.44. The van der Waals surface area contributed by atoms with Gasteiger partial charge < -0.3 is 19.5 Å². The summed E-state index contributed by atoms with van der Waals surface area (Å²) in [6, 6.07) is 9.46. The Hall–Kier alpha value is -2.27. The average Bonchev–Trinajstić information content (AvgIpc) is 2.55. The Balaban J connectivity index is 2.46. The van der Waals surface area contributed by atoms with Gasteiger partial charge in [-0.1, -0.05) is 6.07 Å². The van der Waals surface area contributed by atoms with Gasteiger partial charge in [0, 0.05) is 6.20 Å². The fourth-order valence-corrected chi connectivity index (χ4v) is 2.29. The summed E-state index contributed by atoms with van der Waals surface area (Å²) in [6.45, 7) is 0. The van der Waals surface area contributed by atoms with Crippen molar-refractivity contribution in [3.63, 3.8) is 0 Å². The van der Waals surface area contributed by atoms with Gasteiger partial charge in [0.05, 0.1) is 27.4 Å². The van der Waals surface area contributed by atoms with Crippen LogP contribution in [0.1, 0.15) is 17.3 Å². The number of pyridine rings is 1. The average molecular weight is 288 g/mol. The molecule has 0 saturated carbocycles. The van der Waals surface area contributed by atoms with Crippen molar-refractivity contribution in [3.8, 4) is 17.2 Å². The van der Waals surface area contributed by atoms with Gasteiger partial charge in [-0.2, -0.15) is 0 Å². The normalized spacial score (nSPS) is 11.8. The lowest BCUT2D eigenvalue weighted by molar-refractivity contribution is 0.354. The lowest BCUT2D eigenvalue weighted by atomic mass is 10.0. The van der Waals surface area contributed by atoms with E-state index >= 15 is 0 Å². The Morgan fingerprint density at radius 1 is 0.952 bits per heavy atom. The first-order valence-electron chi connectivity index (χ1n) is 6.63. The molecule has 112 valence electrons. The monoisotopic (exact) mass is 288 g/mol. The molecule has 0 amide bonds. The second-order valence-electron chi connectivity index (χ2n) is 4.43. The van der Waals surface area contributed by atoms with Crippen LogP contribution in [0.4, 0.5) is 0 Å². The molecule has 0 spiro atoms. The number of methoxy groups -OCH3 is 3. The summed E-state index contributed by atoms with van der Waals surface area (Å²) in [5, 5.41) is 3.26. The van der Waals surface area contributed by atoms with E-state index in [2.05, 4.69) is 10.3 Å². The van der Waals surface area contributed by atoms with Crippen molar-refractivity contribution in [1.82, 2.24) is 10.3 Å². The highest BCUT2D eigenvalue weighted by molar-refractivity contribution is 5.46. The van der Waals surface area contributed by atoms with Crippen LogP contribution in [0, 0.1) is 0 Å². The summed E-state index contributed by atoms with van der Waals surface area (Å²) in [6.07, 6.45) is 1.75. The number of aromatic nitrogens is 1. The molecule has 0 radical (unpaired) electrons. The first-order valence-corrected chi connectivity index (χ1v) is 6.63. The molecule has 0 fully saturated rings. The van der Waals surface area contributed by atoms with E-state index in [-0.39, 0.29) is 6.04 Å². The van der Waals surface area contributed by atoms with Crippen molar-refractivity contribution >= 4 is 0 Å². The van der Waals surface area contributed by atoms with E-state index in [4.69, 9.17) is 14.2 Å². The van der Waals surface area contributed by atoms with Gasteiger partial charge in [0.2, 0.25) is 0 Å². The number of rotatable bonds is 6. The molecule has 21 heavy (non-hydrogen) atoms. The second kappa shape index (κ2) is 6.95. The quantitative estimate of drug-likeness (QED) is 0.884. The molecule has 0 bridgehead atoms. The molecule has 2 rings (SSSR count). The van der Waals surface area contributed by atoms with Crippen molar-refractivity contribution < 1.29 is 14.2 Å². The summed E-state index contributed by atoms with van der Waals surface area (Å²) >= 11 is 0. The molecular formula is C16H20N2O3. The third kappa shape index (κ3) is 3.08. The van der Waals surface area contributed by atoms with Gasteiger partial charge in [0.25, 0.3) is 0 Å². The summed E-state index contributed by atoms with van der Waals surface area (Å²) < 4.78 is 16.0. The molecule has 5 nitrogen and oxygen atoms in total. The molecule has 1 aromatic heterocycles. The molecule has 5 heteroatoms. The molecular weight excluding hydrogens is 268 g/mol. The number of hydrogen-bond donors (Lipinski definition) is 1. The highest BCUT2D eigenvalue weighted by Crippen LogP contribution is 2.33. The van der Waals surface area contributed by atoms with Crippen LogP contribution in [-0.2, 0) is 0 Å². The van der Waals surface area contributed by atoms with E-state index in [0.29, 0.717) is 11.5 Å². The first-order chi connectivity index (χ1) is 10.2. The lowest BCUT2D eigenvalue weighted by Gasteiger charge is -2.19. The van der Waals surface area contributed by atoms with E-state index in [1.54, 1.807) is 27.5 Å². The van der Waals surface area contributed by atoms with Crippen molar-refractivity contribution in [1.29, 1.82) is 0 Å². The summed E-state index contributed by atoms with van der Waals surface area (Å²) in [5.74, 6) is 2.13. The standard InChI is InChI=1S/C16H20N2O3/c1-17-15(16-13(20-3)6-5-9-18-16)11-7-8-12(19-2)14(10-11)21-4/h5-10,15,17H,1-4H3. The fraction of sp³-hybridized carbons (Fsp3) is 0.312. The van der Waals surface area contributed by atoms with Crippen LogP contribution in [0.3, 0.4) is 0 Å². The maximum Gasteiger partial charge on any atom is 0.161 e. The van der Waals surface area contributed by atoms with E-state index < -0.39 is 0 Å². The molecule has 1 N–H and O–H groups in total. The Morgan fingerprint density at radius 2 is 1.67 bits per heavy atom. The van der Waals surface area contributed by atoms with Gasteiger partial charge in [-0.3, -0.25) is 4.98 Å². The van der Waals surface area contributed by atoms with Crippen LogP contribution in [-0.4, -0.2) is 33.4 Å². The molecule has 1 atom stereocenters. The Bertz CT molecular complexity index is 602. The van der Waals surface area contributed by atoms with Crippen LogP contribution in [0.5, 0.6) is 17.2 Å². The number of nitrogens with zero attached hydrogens (tertiary/aromatic N) is 1. The molecule has 2 aromatic rings. The minimum absolute atomic E-state index is 0.0963. The van der Waals surface area contributed by atoms with Gasteiger partial charge >= 0.3 is 0 Å². The maximum absolute atomic E-state index is 5.39. The van der Waals surface area contributed by atoms with Crippen LogP contribution >= 0.6 is 0 Å². The van der Waals surface area contributed by atoms with Crippen molar-refractivity contribution in [2.24, 2.45) is 0 Å². The zero-order valence-corrected chi connectivity index (χ0v) is 12.7. The molecule has 1 unspecified atom stereocenters.